The highest BCUT2D eigenvalue weighted by atomic mass is 35.5. The maximum absolute atomic E-state index is 5.68. The zero-order valence-corrected chi connectivity index (χ0v) is 11.7. The van der Waals surface area contributed by atoms with Gasteiger partial charge in [-0.25, -0.2) is 0 Å². The van der Waals surface area contributed by atoms with Crippen LogP contribution in [-0.4, -0.2) is 5.88 Å². The van der Waals surface area contributed by atoms with Crippen molar-refractivity contribution in [2.24, 2.45) is 5.41 Å². The molecule has 0 bridgehead atoms. The zero-order chi connectivity index (χ0) is 12.2. The quantitative estimate of drug-likeness (QED) is 0.465. The van der Waals surface area contributed by atoms with E-state index in [1.165, 1.54) is 30.4 Å². The number of allylic oxidation sites excluding steroid dienone is 6. The van der Waals surface area contributed by atoms with Crippen molar-refractivity contribution in [2.45, 2.75) is 47.0 Å². The molecule has 1 aliphatic rings. The van der Waals surface area contributed by atoms with Crippen molar-refractivity contribution in [1.82, 2.24) is 0 Å². The van der Waals surface area contributed by atoms with E-state index in [9.17, 15) is 0 Å². The van der Waals surface area contributed by atoms with Gasteiger partial charge in [0.1, 0.15) is 0 Å². The van der Waals surface area contributed by atoms with E-state index in [-0.39, 0.29) is 0 Å². The molecule has 0 amide bonds. The summed E-state index contributed by atoms with van der Waals surface area (Å²) in [7, 11) is 0. The lowest BCUT2D eigenvalue weighted by Crippen LogP contribution is -2.19. The fraction of sp³-hybridized carbons (Fsp3) is 0.600. The van der Waals surface area contributed by atoms with Crippen LogP contribution in [0, 0.1) is 5.41 Å². The molecule has 0 fully saturated rings. The Hall–Kier alpha value is -0.490. The van der Waals surface area contributed by atoms with Gasteiger partial charge in [0.05, 0.1) is 0 Å². The smallest absolute Gasteiger partial charge is 0.0409 e. The summed E-state index contributed by atoms with van der Waals surface area (Å²) in [5, 5.41) is 0. The summed E-state index contributed by atoms with van der Waals surface area (Å²) in [6, 6.07) is 0. The van der Waals surface area contributed by atoms with Crippen LogP contribution in [0.2, 0.25) is 0 Å². The summed E-state index contributed by atoms with van der Waals surface area (Å²) in [5.74, 6) is 0.595. The maximum Gasteiger partial charge on any atom is 0.0409 e. The Balaban J connectivity index is 2.89. The second-order valence-corrected chi connectivity index (χ2v) is 5.68. The van der Waals surface area contributed by atoms with Crippen LogP contribution in [0.3, 0.4) is 0 Å². The summed E-state index contributed by atoms with van der Waals surface area (Å²) in [6.45, 7) is 9.05. The second-order valence-electron chi connectivity index (χ2n) is 5.37. The first-order valence-corrected chi connectivity index (χ1v) is 6.62. The summed E-state index contributed by atoms with van der Waals surface area (Å²) >= 11 is 5.68. The second kappa shape index (κ2) is 5.72. The molecule has 1 rings (SSSR count). The number of halogens is 1. The van der Waals surface area contributed by atoms with Gasteiger partial charge < -0.3 is 0 Å². The van der Waals surface area contributed by atoms with Crippen molar-refractivity contribution < 1.29 is 0 Å². The third kappa shape index (κ3) is 3.52. The van der Waals surface area contributed by atoms with Crippen LogP contribution in [0.5, 0.6) is 0 Å². The predicted octanol–water partition coefficient (Wildman–Crippen LogP) is 5.25. The highest BCUT2D eigenvalue weighted by molar-refractivity contribution is 6.18. The molecule has 0 aromatic carbocycles. The summed E-state index contributed by atoms with van der Waals surface area (Å²) in [4.78, 5) is 0. The third-order valence-corrected chi connectivity index (χ3v) is 3.61. The normalized spacial score (nSPS) is 21.9. The molecule has 90 valence electrons. The van der Waals surface area contributed by atoms with Crippen LogP contribution in [0.15, 0.2) is 34.9 Å². The first-order chi connectivity index (χ1) is 7.47. The largest absolute Gasteiger partial charge is 0.122 e. The topological polar surface area (TPSA) is 0 Å². The van der Waals surface area contributed by atoms with Crippen molar-refractivity contribution in [1.29, 1.82) is 0 Å². The van der Waals surface area contributed by atoms with E-state index in [2.05, 4.69) is 39.8 Å². The molecule has 1 aliphatic carbocycles. The Bertz CT molecular complexity index is 329. The summed E-state index contributed by atoms with van der Waals surface area (Å²) in [5.41, 5.74) is 4.64. The maximum atomic E-state index is 5.68. The first kappa shape index (κ1) is 13.6. The first-order valence-electron chi connectivity index (χ1n) is 6.08. The van der Waals surface area contributed by atoms with Crippen molar-refractivity contribution in [3.63, 3.8) is 0 Å². The van der Waals surface area contributed by atoms with Crippen molar-refractivity contribution >= 4 is 11.6 Å². The molecule has 0 spiro atoms. The molecule has 0 nitrogen and oxygen atoms in total. The fourth-order valence-electron chi connectivity index (χ4n) is 2.41. The van der Waals surface area contributed by atoms with Crippen molar-refractivity contribution in [3.8, 4) is 0 Å². The Labute approximate surface area is 105 Å². The molecule has 0 saturated carbocycles. The minimum absolute atomic E-state index is 0.333. The van der Waals surface area contributed by atoms with Gasteiger partial charge in [-0.1, -0.05) is 43.2 Å². The van der Waals surface area contributed by atoms with E-state index in [1.54, 1.807) is 5.57 Å². The number of rotatable bonds is 3. The molecule has 1 heteroatoms. The minimum Gasteiger partial charge on any atom is -0.122 e. The van der Waals surface area contributed by atoms with Crippen molar-refractivity contribution in [3.05, 3.63) is 34.9 Å². The lowest BCUT2D eigenvalue weighted by molar-refractivity contribution is 0.377. The van der Waals surface area contributed by atoms with Crippen LogP contribution in [0.1, 0.15) is 47.0 Å². The monoisotopic (exact) mass is 238 g/mol. The molecule has 0 aromatic heterocycles. The van der Waals surface area contributed by atoms with Gasteiger partial charge in [0, 0.05) is 5.88 Å². The van der Waals surface area contributed by atoms with Crippen LogP contribution in [0.4, 0.5) is 0 Å². The Morgan fingerprint density at radius 3 is 2.69 bits per heavy atom. The van der Waals surface area contributed by atoms with E-state index in [0.717, 1.165) is 0 Å². The van der Waals surface area contributed by atoms with Gasteiger partial charge in [0.25, 0.3) is 0 Å². The molecule has 0 atom stereocenters. The molecule has 0 radical (unpaired) electrons. The number of hydrogen-bond acceptors (Lipinski definition) is 0. The van der Waals surface area contributed by atoms with Gasteiger partial charge in [-0.2, -0.15) is 0 Å². The van der Waals surface area contributed by atoms with Crippen LogP contribution >= 0.6 is 11.6 Å². The van der Waals surface area contributed by atoms with E-state index in [1.807, 2.05) is 6.08 Å². The van der Waals surface area contributed by atoms with Gasteiger partial charge in [-0.3, -0.25) is 0 Å². The van der Waals surface area contributed by atoms with E-state index in [4.69, 9.17) is 11.6 Å². The van der Waals surface area contributed by atoms with E-state index in [0.29, 0.717) is 11.3 Å². The predicted molar refractivity (Wildman–Crippen MR) is 73.9 cm³/mol. The average Bonchev–Trinajstić information content (AvgIpc) is 2.16. The van der Waals surface area contributed by atoms with Gasteiger partial charge in [-0.05, 0) is 44.1 Å². The Kier molecular flexibility index (Phi) is 4.86. The van der Waals surface area contributed by atoms with Crippen LogP contribution in [0.25, 0.3) is 0 Å². The molecule has 0 N–H and O–H groups in total. The standard InChI is InChI=1S/C15H23Cl/c1-12(9-11-16)7-8-14-13(2)6-5-10-15(14,3)4/h7-9H,5-6,10-11H2,1-4H3. The molecule has 0 heterocycles. The molecule has 0 aliphatic heterocycles. The van der Waals surface area contributed by atoms with Crippen LogP contribution < -0.4 is 0 Å². The molecule has 16 heavy (non-hydrogen) atoms. The zero-order valence-electron chi connectivity index (χ0n) is 10.9. The molecule has 0 aromatic rings. The molecular weight excluding hydrogens is 216 g/mol. The lowest BCUT2D eigenvalue weighted by Gasteiger charge is -2.32. The molecule has 0 saturated heterocycles. The number of hydrogen-bond donors (Lipinski definition) is 0. The van der Waals surface area contributed by atoms with Gasteiger partial charge >= 0.3 is 0 Å². The Morgan fingerprint density at radius 2 is 2.12 bits per heavy atom. The molecular formula is C15H23Cl. The minimum atomic E-state index is 0.333. The van der Waals surface area contributed by atoms with Gasteiger partial charge in [0.15, 0.2) is 0 Å². The summed E-state index contributed by atoms with van der Waals surface area (Å²) in [6.07, 6.45) is 10.4. The average molecular weight is 239 g/mol. The third-order valence-electron chi connectivity index (χ3n) is 3.45. The fourth-order valence-corrected chi connectivity index (χ4v) is 2.66. The highest BCUT2D eigenvalue weighted by Gasteiger charge is 2.26. The van der Waals surface area contributed by atoms with Gasteiger partial charge in [0.2, 0.25) is 0 Å². The highest BCUT2D eigenvalue weighted by Crippen LogP contribution is 2.40. The van der Waals surface area contributed by atoms with Crippen molar-refractivity contribution in [2.75, 3.05) is 5.88 Å². The molecule has 0 unspecified atom stereocenters. The van der Waals surface area contributed by atoms with E-state index < -0.39 is 0 Å². The lowest BCUT2D eigenvalue weighted by atomic mass is 9.72. The Morgan fingerprint density at radius 1 is 1.44 bits per heavy atom. The van der Waals surface area contributed by atoms with Gasteiger partial charge in [-0.15, -0.1) is 11.6 Å². The van der Waals surface area contributed by atoms with Crippen LogP contribution in [-0.2, 0) is 0 Å². The summed E-state index contributed by atoms with van der Waals surface area (Å²) < 4.78 is 0. The number of alkyl halides is 1. The van der Waals surface area contributed by atoms with E-state index >= 15 is 0 Å². The SMILES string of the molecule is CC(C=CC1=C(C)CCCC1(C)C)=CCCl.